The number of nitrogens with zero attached hydrogens (tertiary/aromatic N) is 1. The van der Waals surface area contributed by atoms with Gasteiger partial charge >= 0.3 is 0 Å². The third kappa shape index (κ3) is 1.40. The molecule has 0 aliphatic carbocycles. The summed E-state index contributed by atoms with van der Waals surface area (Å²) >= 11 is 0. The van der Waals surface area contributed by atoms with Crippen LogP contribution in [0.2, 0.25) is 0 Å². The zero-order valence-electron chi connectivity index (χ0n) is 7.22. The van der Waals surface area contributed by atoms with Gasteiger partial charge in [0.1, 0.15) is 0 Å². The van der Waals surface area contributed by atoms with Crippen LogP contribution in [0.15, 0.2) is 12.2 Å². The Bertz CT molecular complexity index is 138. The Morgan fingerprint density at radius 2 is 2.20 bits per heavy atom. The molecule has 0 bridgehead atoms. The molecule has 0 radical (unpaired) electrons. The molecule has 1 aliphatic heterocycles. The van der Waals surface area contributed by atoms with Gasteiger partial charge in [-0.05, 0) is 19.4 Å². The molecule has 0 aromatic rings. The lowest BCUT2D eigenvalue weighted by atomic mass is 10.0. The van der Waals surface area contributed by atoms with Gasteiger partial charge < -0.3 is 0 Å². The van der Waals surface area contributed by atoms with Gasteiger partial charge in [0.15, 0.2) is 0 Å². The summed E-state index contributed by atoms with van der Waals surface area (Å²) in [4.78, 5) is 2.40. The molecule has 1 rings (SSSR count). The van der Waals surface area contributed by atoms with E-state index in [0.717, 1.165) is 18.5 Å². The van der Waals surface area contributed by atoms with Crippen molar-refractivity contribution < 1.29 is 0 Å². The Hall–Kier alpha value is -0.300. The predicted molar refractivity (Wildman–Crippen MR) is 45.0 cm³/mol. The van der Waals surface area contributed by atoms with Crippen LogP contribution in [-0.2, 0) is 0 Å². The molecule has 1 heteroatoms. The lowest BCUT2D eigenvalue weighted by Gasteiger charge is -2.22. The molecule has 0 aromatic heterocycles. The SMILES string of the molecule is C=C1C[C@@H](C(C)C)N(C)C1. The highest BCUT2D eigenvalue weighted by Crippen LogP contribution is 2.24. The molecule has 1 nitrogen and oxygen atoms in total. The lowest BCUT2D eigenvalue weighted by Crippen LogP contribution is -2.29. The zero-order valence-corrected chi connectivity index (χ0v) is 7.22. The third-order valence-electron chi connectivity index (χ3n) is 2.31. The summed E-state index contributed by atoms with van der Waals surface area (Å²) in [5.74, 6) is 0.768. The number of hydrogen-bond acceptors (Lipinski definition) is 1. The highest BCUT2D eigenvalue weighted by atomic mass is 15.1. The number of hydrogen-bond donors (Lipinski definition) is 0. The summed E-state index contributed by atoms with van der Waals surface area (Å²) in [6.07, 6.45) is 1.20. The molecule has 1 fully saturated rings. The van der Waals surface area contributed by atoms with Crippen molar-refractivity contribution in [2.24, 2.45) is 5.92 Å². The van der Waals surface area contributed by atoms with E-state index < -0.39 is 0 Å². The van der Waals surface area contributed by atoms with E-state index in [1.54, 1.807) is 0 Å². The summed E-state index contributed by atoms with van der Waals surface area (Å²) < 4.78 is 0. The minimum Gasteiger partial charge on any atom is -0.299 e. The van der Waals surface area contributed by atoms with E-state index >= 15 is 0 Å². The third-order valence-corrected chi connectivity index (χ3v) is 2.31. The van der Waals surface area contributed by atoms with Crippen LogP contribution in [0.25, 0.3) is 0 Å². The smallest absolute Gasteiger partial charge is 0.0190 e. The molecule has 0 saturated carbocycles. The predicted octanol–water partition coefficient (Wildman–Crippen LogP) is 1.90. The van der Waals surface area contributed by atoms with E-state index in [9.17, 15) is 0 Å². The van der Waals surface area contributed by atoms with Crippen molar-refractivity contribution >= 4 is 0 Å². The van der Waals surface area contributed by atoms with Crippen LogP contribution < -0.4 is 0 Å². The Morgan fingerprint density at radius 3 is 2.40 bits per heavy atom. The molecule has 0 N–H and O–H groups in total. The van der Waals surface area contributed by atoms with Crippen molar-refractivity contribution in [2.45, 2.75) is 26.3 Å². The van der Waals surface area contributed by atoms with Gasteiger partial charge in [0, 0.05) is 12.6 Å². The van der Waals surface area contributed by atoms with Crippen LogP contribution in [0.3, 0.4) is 0 Å². The van der Waals surface area contributed by atoms with Gasteiger partial charge in [-0.15, -0.1) is 0 Å². The second-order valence-corrected chi connectivity index (χ2v) is 3.68. The summed E-state index contributed by atoms with van der Waals surface area (Å²) in [6.45, 7) is 9.65. The number of likely N-dealkylation sites (tertiary alicyclic amines) is 1. The van der Waals surface area contributed by atoms with Gasteiger partial charge in [0.25, 0.3) is 0 Å². The number of likely N-dealkylation sites (N-methyl/N-ethyl adjacent to an activating group) is 1. The van der Waals surface area contributed by atoms with Crippen LogP contribution in [0.4, 0.5) is 0 Å². The van der Waals surface area contributed by atoms with Crippen LogP contribution >= 0.6 is 0 Å². The largest absolute Gasteiger partial charge is 0.299 e. The molecule has 0 amide bonds. The highest BCUT2D eigenvalue weighted by molar-refractivity contribution is 5.07. The van der Waals surface area contributed by atoms with Gasteiger partial charge in [-0.1, -0.05) is 26.0 Å². The molecule has 10 heavy (non-hydrogen) atoms. The van der Waals surface area contributed by atoms with Crippen molar-refractivity contribution in [3.8, 4) is 0 Å². The van der Waals surface area contributed by atoms with Crippen molar-refractivity contribution in [3.63, 3.8) is 0 Å². The Morgan fingerprint density at radius 1 is 1.60 bits per heavy atom. The maximum Gasteiger partial charge on any atom is 0.0190 e. The van der Waals surface area contributed by atoms with E-state index in [1.807, 2.05) is 0 Å². The molecule has 1 aliphatic rings. The Kier molecular flexibility index (Phi) is 2.14. The average molecular weight is 139 g/mol. The molecular weight excluding hydrogens is 122 g/mol. The summed E-state index contributed by atoms with van der Waals surface area (Å²) in [7, 11) is 2.18. The fourth-order valence-corrected chi connectivity index (χ4v) is 1.73. The summed E-state index contributed by atoms with van der Waals surface area (Å²) in [5, 5.41) is 0. The highest BCUT2D eigenvalue weighted by Gasteiger charge is 2.25. The maximum atomic E-state index is 4.00. The van der Waals surface area contributed by atoms with Crippen molar-refractivity contribution in [1.29, 1.82) is 0 Å². The topological polar surface area (TPSA) is 3.24 Å². The van der Waals surface area contributed by atoms with Crippen molar-refractivity contribution in [1.82, 2.24) is 4.90 Å². The fourth-order valence-electron chi connectivity index (χ4n) is 1.73. The van der Waals surface area contributed by atoms with E-state index in [4.69, 9.17) is 0 Å². The molecular formula is C9H17N. The monoisotopic (exact) mass is 139 g/mol. The van der Waals surface area contributed by atoms with Gasteiger partial charge in [-0.25, -0.2) is 0 Å². The molecule has 0 spiro atoms. The summed E-state index contributed by atoms with van der Waals surface area (Å²) in [6, 6.07) is 0.743. The summed E-state index contributed by atoms with van der Waals surface area (Å²) in [5.41, 5.74) is 1.39. The van der Waals surface area contributed by atoms with Crippen LogP contribution in [0.5, 0.6) is 0 Å². The normalized spacial score (nSPS) is 28.4. The minimum absolute atomic E-state index is 0.743. The van der Waals surface area contributed by atoms with E-state index in [-0.39, 0.29) is 0 Å². The van der Waals surface area contributed by atoms with Gasteiger partial charge in [0.05, 0.1) is 0 Å². The first-order chi connectivity index (χ1) is 4.61. The number of rotatable bonds is 1. The molecule has 1 saturated heterocycles. The molecule has 0 aromatic carbocycles. The Labute approximate surface area is 63.7 Å². The quantitative estimate of drug-likeness (QED) is 0.501. The van der Waals surface area contributed by atoms with Gasteiger partial charge in [-0.2, -0.15) is 0 Å². The zero-order chi connectivity index (χ0) is 7.72. The van der Waals surface area contributed by atoms with Crippen LogP contribution in [-0.4, -0.2) is 24.5 Å². The Balaban J connectivity index is 2.54. The first kappa shape index (κ1) is 7.80. The lowest BCUT2D eigenvalue weighted by molar-refractivity contribution is 0.250. The van der Waals surface area contributed by atoms with Crippen LogP contribution in [0.1, 0.15) is 20.3 Å². The first-order valence-corrected chi connectivity index (χ1v) is 3.98. The molecule has 1 heterocycles. The van der Waals surface area contributed by atoms with E-state index in [1.165, 1.54) is 12.0 Å². The minimum atomic E-state index is 0.743. The second-order valence-electron chi connectivity index (χ2n) is 3.68. The molecule has 0 unspecified atom stereocenters. The van der Waals surface area contributed by atoms with Gasteiger partial charge in [0.2, 0.25) is 0 Å². The second kappa shape index (κ2) is 2.75. The maximum absolute atomic E-state index is 4.00. The van der Waals surface area contributed by atoms with E-state index in [0.29, 0.717) is 0 Å². The van der Waals surface area contributed by atoms with Gasteiger partial charge in [-0.3, -0.25) is 4.90 Å². The first-order valence-electron chi connectivity index (χ1n) is 3.98. The molecule has 58 valence electrons. The average Bonchev–Trinajstić information content (AvgIpc) is 2.10. The molecule has 1 atom stereocenters. The standard InChI is InChI=1S/C9H17N/c1-7(2)9-5-8(3)6-10(9)4/h7,9H,3,5-6H2,1-2,4H3/t9-/m0/s1. The van der Waals surface area contributed by atoms with Crippen molar-refractivity contribution in [2.75, 3.05) is 13.6 Å². The fraction of sp³-hybridized carbons (Fsp3) is 0.778. The van der Waals surface area contributed by atoms with Crippen molar-refractivity contribution in [3.05, 3.63) is 12.2 Å². The van der Waals surface area contributed by atoms with Crippen LogP contribution in [0, 0.1) is 5.92 Å². The van der Waals surface area contributed by atoms with E-state index in [2.05, 4.69) is 32.4 Å².